The van der Waals surface area contributed by atoms with Crippen molar-refractivity contribution >= 4 is 40.6 Å². The number of halogens is 2. The van der Waals surface area contributed by atoms with Gasteiger partial charge < -0.3 is 15.5 Å². The number of ketones is 1. The molecule has 0 saturated heterocycles. The van der Waals surface area contributed by atoms with Crippen molar-refractivity contribution in [1.82, 2.24) is 0 Å². The van der Waals surface area contributed by atoms with Crippen LogP contribution in [0, 0.1) is 0 Å². The molecule has 3 rings (SSSR count). The highest BCUT2D eigenvalue weighted by atomic mass is 35.5. The zero-order chi connectivity index (χ0) is 16.8. The fourth-order valence-electron chi connectivity index (χ4n) is 2.58. The zero-order valence-electron chi connectivity index (χ0n) is 11.6. The van der Waals surface area contributed by atoms with Gasteiger partial charge in [0.1, 0.15) is 5.75 Å². The number of anilines is 1. The number of aromatic hydroxyl groups is 1. The second kappa shape index (κ2) is 5.53. The fourth-order valence-corrected chi connectivity index (χ4v) is 3.12. The summed E-state index contributed by atoms with van der Waals surface area (Å²) in [5.41, 5.74) is -1.70. The summed E-state index contributed by atoms with van der Waals surface area (Å²) >= 11 is 11.9. The van der Waals surface area contributed by atoms with E-state index in [9.17, 15) is 19.8 Å². The monoisotopic (exact) mass is 351 g/mol. The van der Waals surface area contributed by atoms with Crippen LogP contribution in [0.3, 0.4) is 0 Å². The largest absolute Gasteiger partial charge is 0.507 e. The van der Waals surface area contributed by atoms with Gasteiger partial charge in [-0.05, 0) is 24.3 Å². The third-order valence-corrected chi connectivity index (χ3v) is 4.25. The average molecular weight is 352 g/mol. The van der Waals surface area contributed by atoms with E-state index in [0.29, 0.717) is 0 Å². The molecule has 1 heterocycles. The summed E-state index contributed by atoms with van der Waals surface area (Å²) in [4.78, 5) is 24.6. The number of benzene rings is 2. The second-order valence-corrected chi connectivity index (χ2v) is 6.09. The molecule has 0 aliphatic carbocycles. The summed E-state index contributed by atoms with van der Waals surface area (Å²) in [7, 11) is 0. The molecule has 23 heavy (non-hydrogen) atoms. The molecule has 1 aliphatic rings. The fraction of sp³-hybridized carbons (Fsp3) is 0.125. The lowest BCUT2D eigenvalue weighted by Crippen LogP contribution is -2.36. The Kier molecular flexibility index (Phi) is 3.80. The van der Waals surface area contributed by atoms with Crippen LogP contribution in [0.25, 0.3) is 0 Å². The number of hydrogen-bond acceptors (Lipinski definition) is 4. The standard InChI is InChI=1S/C16H11Cl2NO4/c17-8-5-10-14(11(18)6-8)19-15(22)16(10,23)7-13(21)9-3-1-2-4-12(9)20/h1-6,20,23H,7H2,(H,19,22)/t16-/m1/s1. The Morgan fingerprint density at radius 1 is 1.22 bits per heavy atom. The van der Waals surface area contributed by atoms with Gasteiger partial charge in [0.15, 0.2) is 11.4 Å². The predicted octanol–water partition coefficient (Wildman–Crippen LogP) is 3.11. The smallest absolute Gasteiger partial charge is 0.261 e. The van der Waals surface area contributed by atoms with Gasteiger partial charge in [-0.15, -0.1) is 0 Å². The Morgan fingerprint density at radius 2 is 1.91 bits per heavy atom. The molecule has 0 unspecified atom stereocenters. The molecule has 0 fully saturated rings. The van der Waals surface area contributed by atoms with E-state index in [2.05, 4.69) is 5.32 Å². The van der Waals surface area contributed by atoms with Crippen LogP contribution in [0.5, 0.6) is 5.75 Å². The maximum atomic E-state index is 12.4. The molecular weight excluding hydrogens is 341 g/mol. The third-order valence-electron chi connectivity index (χ3n) is 3.74. The number of carbonyl (C=O) groups excluding carboxylic acids is 2. The lowest BCUT2D eigenvalue weighted by atomic mass is 9.88. The van der Waals surface area contributed by atoms with Crippen LogP contribution >= 0.6 is 23.2 Å². The van der Waals surface area contributed by atoms with Gasteiger partial charge in [0.25, 0.3) is 5.91 Å². The molecule has 118 valence electrons. The van der Waals surface area contributed by atoms with E-state index in [1.807, 2.05) is 0 Å². The highest BCUT2D eigenvalue weighted by Gasteiger charge is 2.48. The highest BCUT2D eigenvalue weighted by Crippen LogP contribution is 2.44. The Balaban J connectivity index is 2.02. The Labute approximate surface area is 141 Å². The lowest BCUT2D eigenvalue weighted by Gasteiger charge is -2.20. The van der Waals surface area contributed by atoms with Crippen LogP contribution in [-0.4, -0.2) is 21.9 Å². The number of rotatable bonds is 3. The van der Waals surface area contributed by atoms with E-state index >= 15 is 0 Å². The predicted molar refractivity (Wildman–Crippen MR) is 86.0 cm³/mol. The summed E-state index contributed by atoms with van der Waals surface area (Å²) in [6, 6.07) is 8.73. The van der Waals surface area contributed by atoms with Crippen molar-refractivity contribution in [3.63, 3.8) is 0 Å². The van der Waals surface area contributed by atoms with E-state index in [4.69, 9.17) is 23.2 Å². The quantitative estimate of drug-likeness (QED) is 0.741. The van der Waals surface area contributed by atoms with Crippen molar-refractivity contribution < 1.29 is 19.8 Å². The summed E-state index contributed by atoms with van der Waals surface area (Å²) < 4.78 is 0. The van der Waals surface area contributed by atoms with E-state index in [1.54, 1.807) is 12.1 Å². The van der Waals surface area contributed by atoms with Gasteiger partial charge >= 0.3 is 0 Å². The normalized spacial score (nSPS) is 19.3. The SMILES string of the molecule is O=C(C[C@]1(O)C(=O)Nc2c(Cl)cc(Cl)cc21)c1ccccc1O. The van der Waals surface area contributed by atoms with Gasteiger partial charge in [-0.1, -0.05) is 35.3 Å². The zero-order valence-corrected chi connectivity index (χ0v) is 13.1. The van der Waals surface area contributed by atoms with Crippen molar-refractivity contribution in [2.24, 2.45) is 0 Å². The average Bonchev–Trinajstić information content (AvgIpc) is 2.72. The minimum absolute atomic E-state index is 0.0234. The maximum absolute atomic E-state index is 12.4. The molecule has 1 atom stereocenters. The second-order valence-electron chi connectivity index (χ2n) is 5.24. The first-order chi connectivity index (χ1) is 10.8. The lowest BCUT2D eigenvalue weighted by molar-refractivity contribution is -0.133. The van der Waals surface area contributed by atoms with Crippen LogP contribution < -0.4 is 5.32 Å². The molecule has 1 aliphatic heterocycles. The first kappa shape index (κ1) is 15.8. The van der Waals surface area contributed by atoms with E-state index in [1.165, 1.54) is 24.3 Å². The summed E-state index contributed by atoms with van der Waals surface area (Å²) in [5.74, 6) is -1.56. The van der Waals surface area contributed by atoms with Gasteiger partial charge in [-0.3, -0.25) is 9.59 Å². The Morgan fingerprint density at radius 3 is 2.61 bits per heavy atom. The molecule has 0 aromatic heterocycles. The number of amides is 1. The van der Waals surface area contributed by atoms with Crippen molar-refractivity contribution in [2.75, 3.05) is 5.32 Å². The van der Waals surface area contributed by atoms with Gasteiger partial charge in [0.2, 0.25) is 0 Å². The first-order valence-electron chi connectivity index (χ1n) is 6.67. The molecule has 2 aromatic carbocycles. The number of fused-ring (bicyclic) bond motifs is 1. The van der Waals surface area contributed by atoms with Crippen LogP contribution in [0.4, 0.5) is 5.69 Å². The molecule has 7 heteroatoms. The van der Waals surface area contributed by atoms with Crippen LogP contribution in [0.2, 0.25) is 10.0 Å². The number of hydrogen-bond donors (Lipinski definition) is 3. The molecule has 5 nitrogen and oxygen atoms in total. The number of phenolic OH excluding ortho intramolecular Hbond substituents is 1. The van der Waals surface area contributed by atoms with Crippen molar-refractivity contribution in [3.05, 3.63) is 57.6 Å². The minimum Gasteiger partial charge on any atom is -0.507 e. The van der Waals surface area contributed by atoms with Gasteiger partial charge in [-0.2, -0.15) is 0 Å². The van der Waals surface area contributed by atoms with Crippen molar-refractivity contribution in [1.29, 1.82) is 0 Å². The van der Waals surface area contributed by atoms with Gasteiger partial charge in [0.05, 0.1) is 22.7 Å². The molecule has 3 N–H and O–H groups in total. The topological polar surface area (TPSA) is 86.6 Å². The van der Waals surface area contributed by atoms with Crippen molar-refractivity contribution in [3.8, 4) is 5.75 Å². The summed E-state index contributed by atoms with van der Waals surface area (Å²) in [5, 5.41) is 23.4. The molecule has 1 amide bonds. The van der Waals surface area contributed by atoms with Crippen LogP contribution in [0.15, 0.2) is 36.4 Å². The molecular formula is C16H11Cl2NO4. The highest BCUT2D eigenvalue weighted by molar-refractivity contribution is 6.37. The van der Waals surface area contributed by atoms with Crippen LogP contribution in [0.1, 0.15) is 22.3 Å². The summed E-state index contributed by atoms with van der Waals surface area (Å²) in [6.07, 6.45) is -0.542. The number of aliphatic hydroxyl groups is 1. The van der Waals surface area contributed by atoms with E-state index in [0.717, 1.165) is 0 Å². The van der Waals surface area contributed by atoms with E-state index < -0.39 is 23.7 Å². The molecule has 0 saturated carbocycles. The number of nitrogens with one attached hydrogen (secondary N) is 1. The summed E-state index contributed by atoms with van der Waals surface area (Å²) in [6.45, 7) is 0. The van der Waals surface area contributed by atoms with Crippen molar-refractivity contribution in [2.45, 2.75) is 12.0 Å². The van der Waals surface area contributed by atoms with Crippen LogP contribution in [-0.2, 0) is 10.4 Å². The molecule has 0 radical (unpaired) electrons. The van der Waals surface area contributed by atoms with E-state index in [-0.39, 0.29) is 32.6 Å². The number of Topliss-reactive ketones (excluding diaryl/α,β-unsaturated/α-hetero) is 1. The minimum atomic E-state index is -2.09. The number of para-hydroxylation sites is 1. The number of phenols is 1. The first-order valence-corrected chi connectivity index (χ1v) is 7.43. The third kappa shape index (κ3) is 2.57. The molecule has 0 spiro atoms. The Bertz CT molecular complexity index is 837. The molecule has 0 bridgehead atoms. The van der Waals surface area contributed by atoms with Gasteiger partial charge in [-0.25, -0.2) is 0 Å². The maximum Gasteiger partial charge on any atom is 0.261 e. The Hall–Kier alpha value is -2.08. The number of carbonyl (C=O) groups is 2. The molecule has 2 aromatic rings. The van der Waals surface area contributed by atoms with Gasteiger partial charge in [0, 0.05) is 10.6 Å².